The van der Waals surface area contributed by atoms with Gasteiger partial charge in [0, 0.05) is 5.41 Å². The fraction of sp³-hybridized carbons (Fsp3) is 0.500. The van der Waals surface area contributed by atoms with E-state index in [1.807, 2.05) is 0 Å². The maximum absolute atomic E-state index is 4.98. The van der Waals surface area contributed by atoms with Crippen LogP contribution >= 0.6 is 0 Å². The normalized spacial score (nSPS) is 28.2. The first-order chi connectivity index (χ1) is 20.5. The molecule has 0 nitrogen and oxygen atoms in total. The van der Waals surface area contributed by atoms with Crippen molar-refractivity contribution >= 4 is 5.57 Å². The molecule has 0 heterocycles. The Balaban J connectivity index is 1.62. The van der Waals surface area contributed by atoms with E-state index in [1.54, 1.807) is 22.3 Å². The van der Waals surface area contributed by atoms with Crippen LogP contribution in [-0.2, 0) is 25.7 Å². The van der Waals surface area contributed by atoms with Gasteiger partial charge >= 0.3 is 0 Å². The summed E-state index contributed by atoms with van der Waals surface area (Å²) in [4.78, 5) is 0. The molecule has 0 aliphatic heterocycles. The van der Waals surface area contributed by atoms with Gasteiger partial charge in [-0.2, -0.15) is 0 Å². The van der Waals surface area contributed by atoms with E-state index in [-0.39, 0.29) is 16.2 Å². The van der Waals surface area contributed by atoms with Crippen molar-refractivity contribution in [3.63, 3.8) is 0 Å². The van der Waals surface area contributed by atoms with Gasteiger partial charge in [-0.05, 0) is 145 Å². The van der Waals surface area contributed by atoms with Crippen LogP contribution in [0.1, 0.15) is 127 Å². The Kier molecular flexibility index (Phi) is 8.27. The predicted molar refractivity (Wildman–Crippen MR) is 193 cm³/mol. The molecule has 0 amide bonds. The van der Waals surface area contributed by atoms with Gasteiger partial charge in [0.1, 0.15) is 0 Å². The topological polar surface area (TPSA) is 0 Å². The molecule has 0 saturated heterocycles. The smallest absolute Gasteiger partial charge is 0.00103 e. The van der Waals surface area contributed by atoms with E-state index in [0.29, 0.717) is 11.8 Å². The minimum atomic E-state index is 0.0596. The second kappa shape index (κ2) is 11.2. The molecule has 4 atom stereocenters. The van der Waals surface area contributed by atoms with Gasteiger partial charge in [0.25, 0.3) is 0 Å². The minimum Gasteiger partial charge on any atom is -0.0992 e. The number of allylic oxidation sites excluding steroid dienone is 7. The van der Waals surface area contributed by atoms with Crippen LogP contribution < -0.4 is 0 Å². The van der Waals surface area contributed by atoms with Crippen molar-refractivity contribution in [2.24, 2.45) is 22.2 Å². The van der Waals surface area contributed by atoms with Gasteiger partial charge in [-0.15, -0.1) is 0 Å². The molecule has 0 saturated carbocycles. The zero-order chi connectivity index (χ0) is 32.5. The Hall–Kier alpha value is -2.86. The number of hydrogen-bond acceptors (Lipinski definition) is 0. The summed E-state index contributed by atoms with van der Waals surface area (Å²) < 4.78 is 0. The Morgan fingerprint density at radius 3 is 2.14 bits per heavy atom. The lowest BCUT2D eigenvalue weighted by Gasteiger charge is -2.64. The van der Waals surface area contributed by atoms with Crippen molar-refractivity contribution in [2.45, 2.75) is 121 Å². The Morgan fingerprint density at radius 1 is 0.955 bits per heavy atom. The molecule has 2 aromatic rings. The molecule has 5 rings (SSSR count). The van der Waals surface area contributed by atoms with Crippen molar-refractivity contribution < 1.29 is 0 Å². The first kappa shape index (κ1) is 32.5. The Labute approximate surface area is 270 Å². The third-order valence-electron chi connectivity index (χ3n) is 12.6. The summed E-state index contributed by atoms with van der Waals surface area (Å²) >= 11 is 0. The molecular formula is C44H58. The molecule has 0 radical (unpaired) electrons. The molecule has 3 aliphatic rings. The molecule has 0 fully saturated rings. The summed E-state index contributed by atoms with van der Waals surface area (Å²) in [5, 5.41) is 0. The van der Waals surface area contributed by atoms with Gasteiger partial charge in [0.2, 0.25) is 0 Å². The lowest BCUT2D eigenvalue weighted by atomic mass is 9.40. The standard InChI is InChI=1S/C44H58/c1-15-34-16-18-35(19-17-34)20-28(6)21-36-22-37(26(2)3)38-24-42(12)25-43(13)23-29(7)39(27(4)5)32(10)44(43,14)33(11)41(42)31(9)40(38)30(36)8/h16-19,22,26,32H,4,6,9,15,20-21,23-25H2,1-3,5,7-8,10-14H3/t32?,42-,43+,44-/m1/s1. The lowest BCUT2D eigenvalue weighted by Crippen LogP contribution is -2.54. The zero-order valence-corrected chi connectivity index (χ0v) is 29.9. The average molecular weight is 587 g/mol. The molecule has 2 aromatic carbocycles. The summed E-state index contributed by atoms with van der Waals surface area (Å²) in [7, 11) is 0. The predicted octanol–water partition coefficient (Wildman–Crippen LogP) is 12.3. The number of benzene rings is 2. The number of aryl methyl sites for hydroxylation is 1. The van der Waals surface area contributed by atoms with Crippen LogP contribution in [0.3, 0.4) is 0 Å². The van der Waals surface area contributed by atoms with Crippen LogP contribution in [0.15, 0.2) is 83.5 Å². The fourth-order valence-corrected chi connectivity index (χ4v) is 10.4. The molecule has 0 N–H and O–H groups in total. The number of fused-ring (bicyclic) bond motifs is 3. The van der Waals surface area contributed by atoms with Crippen LogP contribution in [0.5, 0.6) is 0 Å². The highest BCUT2D eigenvalue weighted by molar-refractivity contribution is 5.87. The average Bonchev–Trinajstić information content (AvgIpc) is 2.92. The van der Waals surface area contributed by atoms with Gasteiger partial charge in [-0.3, -0.25) is 0 Å². The SMILES string of the molecule is C=C(Cc1ccc(CC)cc1)Cc1cc(C(C)C)c2c(c1C)C(=C)C1=C(C)[C@@]3(C)C(C)C(C(=C)C)=C(C)C[C@@]3(C)C[C@@]1(C)C2. The summed E-state index contributed by atoms with van der Waals surface area (Å²) in [6.07, 6.45) is 6.36. The van der Waals surface area contributed by atoms with E-state index in [1.165, 1.54) is 62.1 Å². The summed E-state index contributed by atoms with van der Waals surface area (Å²) in [6.45, 7) is 40.5. The van der Waals surface area contributed by atoms with Gasteiger partial charge in [0.15, 0.2) is 0 Å². The summed E-state index contributed by atoms with van der Waals surface area (Å²) in [5.41, 5.74) is 20.4. The van der Waals surface area contributed by atoms with Gasteiger partial charge in [-0.1, -0.05) is 121 Å². The largest absolute Gasteiger partial charge is 0.0992 e. The van der Waals surface area contributed by atoms with Crippen LogP contribution in [0.2, 0.25) is 0 Å². The van der Waals surface area contributed by atoms with Crippen LogP contribution in [0.4, 0.5) is 0 Å². The van der Waals surface area contributed by atoms with Crippen molar-refractivity contribution in [2.75, 3.05) is 0 Å². The van der Waals surface area contributed by atoms with E-state index < -0.39 is 0 Å². The molecule has 44 heavy (non-hydrogen) atoms. The van der Waals surface area contributed by atoms with E-state index >= 15 is 0 Å². The van der Waals surface area contributed by atoms with E-state index in [4.69, 9.17) is 6.58 Å². The highest BCUT2D eigenvalue weighted by Gasteiger charge is 2.60. The number of rotatable bonds is 7. The molecule has 0 spiro atoms. The molecule has 3 aliphatic carbocycles. The Bertz CT molecular complexity index is 1610. The van der Waals surface area contributed by atoms with Crippen molar-refractivity contribution in [1.29, 1.82) is 0 Å². The molecular weight excluding hydrogens is 528 g/mol. The van der Waals surface area contributed by atoms with Crippen molar-refractivity contribution in [1.82, 2.24) is 0 Å². The molecule has 234 valence electrons. The maximum Gasteiger partial charge on any atom is 0.00103 e. The molecule has 0 aromatic heterocycles. The second-order valence-corrected chi connectivity index (χ2v) is 16.1. The second-order valence-electron chi connectivity index (χ2n) is 16.1. The van der Waals surface area contributed by atoms with Crippen LogP contribution in [-0.4, -0.2) is 0 Å². The third kappa shape index (κ3) is 4.87. The van der Waals surface area contributed by atoms with Gasteiger partial charge < -0.3 is 0 Å². The highest BCUT2D eigenvalue weighted by atomic mass is 14.6. The fourth-order valence-electron chi connectivity index (χ4n) is 10.4. The maximum atomic E-state index is 4.98. The van der Waals surface area contributed by atoms with Crippen molar-refractivity contribution in [3.8, 4) is 0 Å². The number of hydrogen-bond donors (Lipinski definition) is 0. The molecule has 0 heteroatoms. The zero-order valence-electron chi connectivity index (χ0n) is 29.9. The van der Waals surface area contributed by atoms with Gasteiger partial charge in [-0.25, -0.2) is 0 Å². The monoisotopic (exact) mass is 586 g/mol. The van der Waals surface area contributed by atoms with Crippen molar-refractivity contribution in [3.05, 3.63) is 122 Å². The lowest BCUT2D eigenvalue weighted by molar-refractivity contribution is -0.00617. The highest BCUT2D eigenvalue weighted by Crippen LogP contribution is 2.70. The summed E-state index contributed by atoms with van der Waals surface area (Å²) in [6, 6.07) is 11.6. The van der Waals surface area contributed by atoms with Crippen LogP contribution in [0, 0.1) is 29.1 Å². The quantitative estimate of drug-likeness (QED) is 0.283. The first-order valence-electron chi connectivity index (χ1n) is 17.2. The Morgan fingerprint density at radius 2 is 1.57 bits per heavy atom. The van der Waals surface area contributed by atoms with Gasteiger partial charge in [0.05, 0.1) is 0 Å². The molecule has 1 unspecified atom stereocenters. The minimum absolute atomic E-state index is 0.0596. The van der Waals surface area contributed by atoms with E-state index in [0.717, 1.165) is 32.1 Å². The van der Waals surface area contributed by atoms with E-state index in [9.17, 15) is 0 Å². The first-order valence-corrected chi connectivity index (χ1v) is 17.2. The van der Waals surface area contributed by atoms with E-state index in [2.05, 4.69) is 120 Å². The third-order valence-corrected chi connectivity index (χ3v) is 12.6. The molecule has 0 bridgehead atoms. The summed E-state index contributed by atoms with van der Waals surface area (Å²) in [5.74, 6) is 0.891. The van der Waals surface area contributed by atoms with Crippen LogP contribution in [0.25, 0.3) is 5.57 Å².